The number of epoxide rings is 1. The molecule has 1 unspecified atom stereocenters. The number of aliphatic hydroxyl groups excluding tert-OH is 1. The SMILES string of the molecule is C=C(C(=O)O)[C@@]12OC[C@](O)(CC3CO3)[C@H]1OC[C@@H]2O. The molecule has 5 atom stereocenters. The molecule has 0 aliphatic carbocycles. The lowest BCUT2D eigenvalue weighted by atomic mass is 9.79. The van der Waals surface area contributed by atoms with E-state index in [1.165, 1.54) is 0 Å². The van der Waals surface area contributed by atoms with Crippen LogP contribution in [0.4, 0.5) is 0 Å². The molecule has 19 heavy (non-hydrogen) atoms. The molecule has 3 aliphatic heterocycles. The smallest absolute Gasteiger partial charge is 0.334 e. The van der Waals surface area contributed by atoms with Gasteiger partial charge >= 0.3 is 5.97 Å². The molecule has 0 radical (unpaired) electrons. The number of carboxylic acid groups (broad SMARTS) is 1. The Bertz CT molecular complexity index is 432. The first-order valence-electron chi connectivity index (χ1n) is 6.10. The number of ether oxygens (including phenoxy) is 3. The van der Waals surface area contributed by atoms with Crippen LogP contribution in [0.3, 0.4) is 0 Å². The van der Waals surface area contributed by atoms with E-state index in [-0.39, 0.29) is 24.9 Å². The summed E-state index contributed by atoms with van der Waals surface area (Å²) in [5.74, 6) is -1.28. The fourth-order valence-corrected chi connectivity index (χ4v) is 3.02. The number of carbonyl (C=O) groups is 1. The number of hydrogen-bond acceptors (Lipinski definition) is 6. The molecule has 7 heteroatoms. The first kappa shape index (κ1) is 13.0. The van der Waals surface area contributed by atoms with E-state index >= 15 is 0 Å². The van der Waals surface area contributed by atoms with Crippen LogP contribution >= 0.6 is 0 Å². The monoisotopic (exact) mass is 272 g/mol. The third-order valence-corrected chi connectivity index (χ3v) is 4.07. The van der Waals surface area contributed by atoms with Crippen molar-refractivity contribution in [2.24, 2.45) is 0 Å². The summed E-state index contributed by atoms with van der Waals surface area (Å²) in [6.07, 6.45) is -1.87. The molecule has 3 heterocycles. The largest absolute Gasteiger partial charge is 0.478 e. The normalized spacial score (nSPS) is 48.0. The molecule has 3 N–H and O–H groups in total. The first-order chi connectivity index (χ1) is 8.90. The minimum Gasteiger partial charge on any atom is -0.478 e. The Morgan fingerprint density at radius 2 is 2.05 bits per heavy atom. The summed E-state index contributed by atoms with van der Waals surface area (Å²) < 4.78 is 16.0. The van der Waals surface area contributed by atoms with E-state index in [1.807, 2.05) is 0 Å². The average molecular weight is 272 g/mol. The van der Waals surface area contributed by atoms with Crippen LogP contribution in [0, 0.1) is 0 Å². The van der Waals surface area contributed by atoms with Gasteiger partial charge in [-0.3, -0.25) is 0 Å². The van der Waals surface area contributed by atoms with Crippen molar-refractivity contribution in [2.45, 2.75) is 35.9 Å². The summed E-state index contributed by atoms with van der Waals surface area (Å²) >= 11 is 0. The molecular weight excluding hydrogens is 256 g/mol. The molecule has 3 rings (SSSR count). The molecule has 0 amide bonds. The van der Waals surface area contributed by atoms with E-state index in [4.69, 9.17) is 19.3 Å². The Morgan fingerprint density at radius 3 is 2.63 bits per heavy atom. The van der Waals surface area contributed by atoms with Gasteiger partial charge < -0.3 is 29.5 Å². The fourth-order valence-electron chi connectivity index (χ4n) is 3.02. The molecule has 0 saturated carbocycles. The third kappa shape index (κ3) is 1.73. The van der Waals surface area contributed by atoms with Crippen LogP contribution in [-0.4, -0.2) is 70.6 Å². The van der Waals surface area contributed by atoms with Gasteiger partial charge in [-0.25, -0.2) is 4.79 Å². The highest BCUT2D eigenvalue weighted by atomic mass is 16.6. The van der Waals surface area contributed by atoms with Crippen molar-refractivity contribution in [3.05, 3.63) is 12.2 Å². The predicted octanol–water partition coefficient (Wildman–Crippen LogP) is -1.32. The molecule has 3 fully saturated rings. The summed E-state index contributed by atoms with van der Waals surface area (Å²) in [4.78, 5) is 11.2. The van der Waals surface area contributed by atoms with Crippen LogP contribution in [-0.2, 0) is 19.0 Å². The zero-order valence-electron chi connectivity index (χ0n) is 10.2. The Balaban J connectivity index is 1.93. The summed E-state index contributed by atoms with van der Waals surface area (Å²) in [5.41, 5.74) is -3.23. The van der Waals surface area contributed by atoms with Gasteiger partial charge in [0.1, 0.15) is 17.8 Å². The van der Waals surface area contributed by atoms with Gasteiger partial charge in [-0.15, -0.1) is 0 Å². The van der Waals surface area contributed by atoms with Gasteiger partial charge in [-0.05, 0) is 0 Å². The van der Waals surface area contributed by atoms with E-state index in [2.05, 4.69) is 6.58 Å². The lowest BCUT2D eigenvalue weighted by molar-refractivity contribution is -0.138. The lowest BCUT2D eigenvalue weighted by Crippen LogP contribution is -2.54. The minimum atomic E-state index is -1.57. The molecule has 3 aliphatic rings. The second-order valence-corrected chi connectivity index (χ2v) is 5.36. The summed E-state index contributed by atoms with van der Waals surface area (Å²) in [5, 5.41) is 29.8. The maximum atomic E-state index is 11.2. The fraction of sp³-hybridized carbons (Fsp3) is 0.750. The van der Waals surface area contributed by atoms with Crippen LogP contribution in [0.15, 0.2) is 12.2 Å². The van der Waals surface area contributed by atoms with Crippen LogP contribution in [0.25, 0.3) is 0 Å². The summed E-state index contributed by atoms with van der Waals surface area (Å²) in [6.45, 7) is 3.83. The van der Waals surface area contributed by atoms with E-state index in [0.29, 0.717) is 13.0 Å². The van der Waals surface area contributed by atoms with Gasteiger partial charge in [0.25, 0.3) is 0 Å². The number of aliphatic carboxylic acids is 1. The van der Waals surface area contributed by atoms with Gasteiger partial charge in [0.15, 0.2) is 5.60 Å². The lowest BCUT2D eigenvalue weighted by Gasteiger charge is -2.32. The van der Waals surface area contributed by atoms with Crippen molar-refractivity contribution in [3.63, 3.8) is 0 Å². The number of rotatable bonds is 4. The van der Waals surface area contributed by atoms with Crippen LogP contribution in [0.2, 0.25) is 0 Å². The Labute approximate surface area is 109 Å². The van der Waals surface area contributed by atoms with Gasteiger partial charge in [-0.2, -0.15) is 0 Å². The molecule has 3 saturated heterocycles. The molecule has 106 valence electrons. The van der Waals surface area contributed by atoms with Crippen molar-refractivity contribution < 1.29 is 34.3 Å². The highest BCUT2D eigenvalue weighted by molar-refractivity contribution is 5.89. The number of aliphatic hydroxyl groups is 2. The van der Waals surface area contributed by atoms with Crippen LogP contribution in [0.5, 0.6) is 0 Å². The third-order valence-electron chi connectivity index (χ3n) is 4.07. The van der Waals surface area contributed by atoms with Crippen molar-refractivity contribution in [1.29, 1.82) is 0 Å². The maximum absolute atomic E-state index is 11.2. The van der Waals surface area contributed by atoms with Crippen molar-refractivity contribution in [3.8, 4) is 0 Å². The van der Waals surface area contributed by atoms with E-state index in [0.717, 1.165) is 0 Å². The van der Waals surface area contributed by atoms with E-state index in [9.17, 15) is 15.0 Å². The summed E-state index contributed by atoms with van der Waals surface area (Å²) in [6, 6.07) is 0. The Kier molecular flexibility index (Phi) is 2.74. The molecule has 0 aromatic carbocycles. The topological polar surface area (TPSA) is 109 Å². The van der Waals surface area contributed by atoms with Crippen molar-refractivity contribution in [2.75, 3.05) is 19.8 Å². The number of hydrogen-bond donors (Lipinski definition) is 3. The zero-order valence-corrected chi connectivity index (χ0v) is 10.2. The van der Waals surface area contributed by atoms with Gasteiger partial charge in [0.05, 0.1) is 31.5 Å². The van der Waals surface area contributed by atoms with Gasteiger partial charge in [0, 0.05) is 6.42 Å². The number of carboxylic acids is 1. The molecule has 0 bridgehead atoms. The number of fused-ring (bicyclic) bond motifs is 1. The second kappa shape index (κ2) is 4.00. The van der Waals surface area contributed by atoms with Crippen molar-refractivity contribution in [1.82, 2.24) is 0 Å². The Hall–Kier alpha value is -0.990. The summed E-state index contributed by atoms with van der Waals surface area (Å²) in [7, 11) is 0. The first-order valence-corrected chi connectivity index (χ1v) is 6.10. The van der Waals surface area contributed by atoms with Gasteiger partial charge in [-0.1, -0.05) is 6.58 Å². The molecule has 0 aromatic rings. The maximum Gasteiger partial charge on any atom is 0.334 e. The van der Waals surface area contributed by atoms with E-state index < -0.39 is 29.4 Å². The zero-order chi connectivity index (χ0) is 13.8. The molecule has 0 aromatic heterocycles. The highest BCUT2D eigenvalue weighted by Crippen LogP contribution is 2.49. The molecule has 0 spiro atoms. The Morgan fingerprint density at radius 1 is 1.37 bits per heavy atom. The average Bonchev–Trinajstić information content (AvgIpc) is 3.01. The highest BCUT2D eigenvalue weighted by Gasteiger charge is 2.68. The molecule has 7 nitrogen and oxygen atoms in total. The van der Waals surface area contributed by atoms with Crippen LogP contribution in [0.1, 0.15) is 6.42 Å². The minimum absolute atomic E-state index is 0.0659. The van der Waals surface area contributed by atoms with Crippen LogP contribution < -0.4 is 0 Å². The van der Waals surface area contributed by atoms with Crippen molar-refractivity contribution >= 4 is 5.97 Å². The quantitative estimate of drug-likeness (QED) is 0.430. The van der Waals surface area contributed by atoms with E-state index in [1.54, 1.807) is 0 Å². The van der Waals surface area contributed by atoms with Gasteiger partial charge in [0.2, 0.25) is 0 Å². The second-order valence-electron chi connectivity index (χ2n) is 5.36. The molecular formula is C12H16O7. The predicted molar refractivity (Wildman–Crippen MR) is 60.5 cm³/mol. The standard InChI is InChI=1S/C12H16O7/c1-6(9(14)15)12-8(13)4-18-10(12)11(16,5-19-12)2-7-3-17-7/h7-8,10,13,16H,1-5H2,(H,14,15)/t7?,8-,10+,11+,12-/m0/s1.